The average molecular weight is 629 g/mol. The maximum Gasteiger partial charge on any atom is 0.163 e. The fourth-order valence-corrected chi connectivity index (χ4v) is 1.62. The summed E-state index contributed by atoms with van der Waals surface area (Å²) < 4.78 is 11.3. The van der Waals surface area contributed by atoms with E-state index in [0.717, 1.165) is 6.42 Å². The van der Waals surface area contributed by atoms with Gasteiger partial charge >= 0.3 is 0 Å². The SMILES string of the molecule is C=C[C@H]([NH-])[C@@H]1OC(C)(C)O[C@@H]1CC.[Y].[Y].[Y].[Y].[Y]. The Morgan fingerprint density at radius 3 is 1.94 bits per heavy atom. The summed E-state index contributed by atoms with van der Waals surface area (Å²) >= 11 is 0. The molecule has 3 atom stereocenters. The van der Waals surface area contributed by atoms with Crippen LogP contribution in [0.2, 0.25) is 0 Å². The molecule has 0 saturated carbocycles. The molecule has 1 aliphatic rings. The van der Waals surface area contributed by atoms with E-state index >= 15 is 0 Å². The minimum atomic E-state index is -0.548. The first-order chi connectivity index (χ1) is 6.00. The van der Waals surface area contributed by atoms with Crippen LogP contribution in [0, 0.1) is 0 Å². The molecular formula is C10H18NO2Y5-. The van der Waals surface area contributed by atoms with Crippen LogP contribution in [-0.4, -0.2) is 24.0 Å². The van der Waals surface area contributed by atoms with Crippen molar-refractivity contribution in [1.82, 2.24) is 0 Å². The molecule has 0 amide bonds. The topological polar surface area (TPSA) is 42.3 Å². The standard InChI is InChI=1S/C10H18NO2.5Y/c1-5-7(11)9-8(6-2)12-10(3,4)13-9;;;;;/h5,7-9,11H,1,6H2,2-4H3;;;;;/q-1;;;;;/t7-,8+,9-;;;;;/m0...../s1. The van der Waals surface area contributed by atoms with Crippen molar-refractivity contribution in [3.05, 3.63) is 18.4 Å². The maximum absolute atomic E-state index is 7.71. The molecule has 0 aromatic heterocycles. The van der Waals surface area contributed by atoms with E-state index in [1.807, 2.05) is 20.8 Å². The van der Waals surface area contributed by atoms with Gasteiger partial charge in [-0.25, -0.2) is 0 Å². The second-order valence-corrected chi connectivity index (χ2v) is 3.81. The molecule has 0 aromatic rings. The predicted octanol–water partition coefficient (Wildman–Crippen LogP) is 2.51. The third-order valence-corrected chi connectivity index (χ3v) is 2.23. The van der Waals surface area contributed by atoms with Crippen molar-refractivity contribution in [3.8, 4) is 0 Å². The second kappa shape index (κ2) is 17.0. The zero-order valence-corrected chi connectivity index (χ0v) is 25.6. The van der Waals surface area contributed by atoms with Crippen LogP contribution < -0.4 is 0 Å². The fourth-order valence-electron chi connectivity index (χ4n) is 1.62. The van der Waals surface area contributed by atoms with Crippen LogP contribution in [-0.2, 0) is 173 Å². The zero-order chi connectivity index (χ0) is 10.1. The van der Waals surface area contributed by atoms with Gasteiger partial charge in [0.1, 0.15) is 0 Å². The monoisotopic (exact) mass is 629 g/mol. The van der Waals surface area contributed by atoms with Crippen LogP contribution in [0.3, 0.4) is 0 Å². The van der Waals surface area contributed by atoms with Crippen molar-refractivity contribution in [2.24, 2.45) is 0 Å². The van der Waals surface area contributed by atoms with Crippen LogP contribution in [0.5, 0.6) is 0 Å². The molecule has 3 nitrogen and oxygen atoms in total. The van der Waals surface area contributed by atoms with E-state index in [4.69, 9.17) is 15.2 Å². The maximum atomic E-state index is 7.71. The summed E-state index contributed by atoms with van der Waals surface area (Å²) in [6.45, 7) is 9.40. The minimum Gasteiger partial charge on any atom is -0.669 e. The Hall–Kier alpha value is 5.14. The summed E-state index contributed by atoms with van der Waals surface area (Å²) in [6.07, 6.45) is 2.32. The Bertz CT molecular complexity index is 207. The largest absolute Gasteiger partial charge is 0.669 e. The molecule has 1 fully saturated rings. The second-order valence-electron chi connectivity index (χ2n) is 3.81. The molecule has 1 rings (SSSR count). The van der Waals surface area contributed by atoms with Crippen LogP contribution in [0.1, 0.15) is 27.2 Å². The summed E-state index contributed by atoms with van der Waals surface area (Å²) in [5, 5.41) is 0. The molecule has 1 aliphatic heterocycles. The molecule has 0 bridgehead atoms. The molecule has 1 heterocycles. The van der Waals surface area contributed by atoms with E-state index in [-0.39, 0.29) is 176 Å². The molecule has 5 radical (unpaired) electrons. The Morgan fingerprint density at radius 1 is 1.17 bits per heavy atom. The Kier molecular flexibility index (Phi) is 32.5. The van der Waals surface area contributed by atoms with Gasteiger partial charge in [0.05, 0.1) is 12.2 Å². The van der Waals surface area contributed by atoms with Crippen LogP contribution in [0.25, 0.3) is 5.73 Å². The van der Waals surface area contributed by atoms with E-state index in [0.29, 0.717) is 0 Å². The van der Waals surface area contributed by atoms with E-state index in [2.05, 4.69) is 6.58 Å². The quantitative estimate of drug-likeness (QED) is 0.451. The Balaban J connectivity index is -0.000000113. The van der Waals surface area contributed by atoms with E-state index in [1.165, 1.54) is 0 Å². The van der Waals surface area contributed by atoms with Gasteiger partial charge in [-0.1, -0.05) is 13.0 Å². The van der Waals surface area contributed by atoms with Gasteiger partial charge in [-0.15, -0.1) is 12.7 Å². The van der Waals surface area contributed by atoms with Gasteiger partial charge in [0, 0.05) is 164 Å². The molecule has 1 saturated heterocycles. The van der Waals surface area contributed by atoms with Crippen molar-refractivity contribution in [2.45, 2.75) is 51.2 Å². The number of rotatable bonds is 3. The molecule has 91 valence electrons. The molecule has 1 N–H and O–H groups in total. The van der Waals surface area contributed by atoms with Crippen molar-refractivity contribution in [2.75, 3.05) is 0 Å². The van der Waals surface area contributed by atoms with Gasteiger partial charge < -0.3 is 15.2 Å². The van der Waals surface area contributed by atoms with E-state index in [9.17, 15) is 0 Å². The van der Waals surface area contributed by atoms with Gasteiger partial charge in [0.2, 0.25) is 0 Å². The summed E-state index contributed by atoms with van der Waals surface area (Å²) in [4.78, 5) is 0. The first-order valence-electron chi connectivity index (χ1n) is 4.69. The first kappa shape index (κ1) is 34.5. The molecule has 0 spiro atoms. The molecule has 18 heavy (non-hydrogen) atoms. The Labute approximate surface area is 237 Å². The van der Waals surface area contributed by atoms with Gasteiger partial charge in [-0.05, 0) is 20.3 Å². The third kappa shape index (κ3) is 11.6. The number of nitrogens with one attached hydrogen (secondary N) is 1. The normalized spacial score (nSPS) is 24.9. The van der Waals surface area contributed by atoms with Crippen LogP contribution in [0.15, 0.2) is 12.7 Å². The van der Waals surface area contributed by atoms with Crippen molar-refractivity contribution in [3.63, 3.8) is 0 Å². The minimum absolute atomic E-state index is 0. The van der Waals surface area contributed by atoms with Gasteiger partial charge in [-0.2, -0.15) is 0 Å². The smallest absolute Gasteiger partial charge is 0.163 e. The van der Waals surface area contributed by atoms with Crippen molar-refractivity contribution < 1.29 is 173 Å². The average Bonchev–Trinajstić information content (AvgIpc) is 2.39. The van der Waals surface area contributed by atoms with Crippen LogP contribution >= 0.6 is 0 Å². The predicted molar refractivity (Wildman–Crippen MR) is 52.4 cm³/mol. The van der Waals surface area contributed by atoms with Gasteiger partial charge in [-0.3, -0.25) is 0 Å². The first-order valence-corrected chi connectivity index (χ1v) is 4.69. The summed E-state index contributed by atoms with van der Waals surface area (Å²) in [5.74, 6) is -0.548. The Morgan fingerprint density at radius 2 is 1.61 bits per heavy atom. The summed E-state index contributed by atoms with van der Waals surface area (Å²) in [7, 11) is 0. The van der Waals surface area contributed by atoms with Gasteiger partial charge in [0.15, 0.2) is 5.79 Å². The zero-order valence-electron chi connectivity index (χ0n) is 11.4. The van der Waals surface area contributed by atoms with E-state index < -0.39 is 11.8 Å². The summed E-state index contributed by atoms with van der Waals surface area (Å²) in [5.41, 5.74) is 7.71. The van der Waals surface area contributed by atoms with Crippen LogP contribution in [0.4, 0.5) is 0 Å². The van der Waals surface area contributed by atoms with Crippen molar-refractivity contribution in [1.29, 1.82) is 0 Å². The third-order valence-electron chi connectivity index (χ3n) is 2.23. The summed E-state index contributed by atoms with van der Waals surface area (Å²) in [6, 6.07) is -0.397. The molecule has 0 aliphatic carbocycles. The van der Waals surface area contributed by atoms with E-state index in [1.54, 1.807) is 6.08 Å². The molecular weight excluding hydrogens is 611 g/mol. The van der Waals surface area contributed by atoms with Crippen molar-refractivity contribution >= 4 is 0 Å². The van der Waals surface area contributed by atoms with Gasteiger partial charge in [0.25, 0.3) is 0 Å². The molecule has 0 unspecified atom stereocenters. The number of hydrogen-bond acceptors (Lipinski definition) is 2. The fraction of sp³-hybridized carbons (Fsp3) is 0.800. The molecule has 8 heteroatoms. The number of ether oxygens (including phenoxy) is 2. The number of hydrogen-bond donors (Lipinski definition) is 0. The molecule has 0 aromatic carbocycles.